The summed E-state index contributed by atoms with van der Waals surface area (Å²) >= 11 is 0. The predicted octanol–water partition coefficient (Wildman–Crippen LogP) is 2.08. The first-order valence-corrected chi connectivity index (χ1v) is 5.14. The Labute approximate surface area is 103 Å². The molecule has 0 fully saturated rings. The molecule has 0 aliphatic rings. The highest BCUT2D eigenvalue weighted by atomic mass is 19.1. The molecule has 0 saturated heterocycles. The Hall–Kier alpha value is -2.50. The fourth-order valence-electron chi connectivity index (χ4n) is 1.56. The number of carbonyl (C=O) groups is 1. The number of hydrogen-bond acceptors (Lipinski definition) is 4. The summed E-state index contributed by atoms with van der Waals surface area (Å²) in [4.78, 5) is 20.0. The first-order chi connectivity index (χ1) is 8.61. The molecule has 0 amide bonds. The molecule has 0 bridgehead atoms. The molecule has 0 aliphatic carbocycles. The zero-order chi connectivity index (χ0) is 13.1. The molecule has 0 atom stereocenters. The van der Waals surface area contributed by atoms with Crippen LogP contribution in [-0.2, 0) is 0 Å². The SMILES string of the molecule is CN(c1ccccc1F)c1nccnc1C(=O)O. The van der Waals surface area contributed by atoms with Crippen LogP contribution in [0.15, 0.2) is 36.7 Å². The molecular weight excluding hydrogens is 237 g/mol. The van der Waals surface area contributed by atoms with Gasteiger partial charge in [-0.15, -0.1) is 0 Å². The van der Waals surface area contributed by atoms with E-state index in [1.165, 1.54) is 36.5 Å². The van der Waals surface area contributed by atoms with Gasteiger partial charge in [-0.25, -0.2) is 19.2 Å². The van der Waals surface area contributed by atoms with Crippen molar-refractivity contribution in [1.29, 1.82) is 0 Å². The number of aromatic nitrogens is 2. The second-order valence-corrected chi connectivity index (χ2v) is 3.54. The van der Waals surface area contributed by atoms with Crippen LogP contribution in [0.5, 0.6) is 0 Å². The van der Waals surface area contributed by atoms with Crippen LogP contribution in [0.1, 0.15) is 10.5 Å². The highest BCUT2D eigenvalue weighted by Crippen LogP contribution is 2.25. The maximum atomic E-state index is 13.6. The minimum Gasteiger partial charge on any atom is -0.476 e. The minimum absolute atomic E-state index is 0.0927. The van der Waals surface area contributed by atoms with Gasteiger partial charge in [-0.1, -0.05) is 12.1 Å². The number of benzene rings is 1. The van der Waals surface area contributed by atoms with Gasteiger partial charge in [-0.05, 0) is 12.1 Å². The van der Waals surface area contributed by atoms with E-state index in [0.29, 0.717) is 0 Å². The summed E-state index contributed by atoms with van der Waals surface area (Å²) < 4.78 is 13.6. The number of hydrogen-bond donors (Lipinski definition) is 1. The molecule has 2 rings (SSSR count). The number of aromatic carboxylic acids is 1. The topological polar surface area (TPSA) is 66.3 Å². The van der Waals surface area contributed by atoms with Crippen LogP contribution >= 0.6 is 0 Å². The first-order valence-electron chi connectivity index (χ1n) is 5.14. The van der Waals surface area contributed by atoms with Crippen LogP contribution in [0.4, 0.5) is 15.9 Å². The number of carboxylic acid groups (broad SMARTS) is 1. The van der Waals surface area contributed by atoms with Gasteiger partial charge in [0.05, 0.1) is 5.69 Å². The average Bonchev–Trinajstić information content (AvgIpc) is 2.38. The smallest absolute Gasteiger partial charge is 0.358 e. The van der Waals surface area contributed by atoms with Crippen LogP contribution in [0.25, 0.3) is 0 Å². The van der Waals surface area contributed by atoms with E-state index < -0.39 is 11.8 Å². The van der Waals surface area contributed by atoms with Crippen molar-refractivity contribution < 1.29 is 14.3 Å². The fraction of sp³-hybridized carbons (Fsp3) is 0.0833. The van der Waals surface area contributed by atoms with E-state index in [2.05, 4.69) is 9.97 Å². The summed E-state index contributed by atoms with van der Waals surface area (Å²) in [6, 6.07) is 6.05. The average molecular weight is 247 g/mol. The number of halogens is 1. The molecule has 1 N–H and O–H groups in total. The molecular formula is C12H10FN3O2. The number of rotatable bonds is 3. The summed E-state index contributed by atoms with van der Waals surface area (Å²) in [6.07, 6.45) is 2.64. The third-order valence-electron chi connectivity index (χ3n) is 2.41. The second-order valence-electron chi connectivity index (χ2n) is 3.54. The van der Waals surface area contributed by atoms with Crippen molar-refractivity contribution in [3.63, 3.8) is 0 Å². The van der Waals surface area contributed by atoms with Gasteiger partial charge < -0.3 is 10.0 Å². The Kier molecular flexibility index (Phi) is 3.18. The molecule has 92 valence electrons. The maximum absolute atomic E-state index is 13.6. The number of anilines is 2. The number of nitrogens with zero attached hydrogens (tertiary/aromatic N) is 3. The molecule has 1 aromatic heterocycles. The van der Waals surface area contributed by atoms with E-state index in [0.717, 1.165) is 0 Å². The van der Waals surface area contributed by atoms with Crippen molar-refractivity contribution in [3.05, 3.63) is 48.2 Å². The summed E-state index contributed by atoms with van der Waals surface area (Å²) in [5.74, 6) is -1.57. The summed E-state index contributed by atoms with van der Waals surface area (Å²) in [6.45, 7) is 0. The Morgan fingerprint density at radius 3 is 2.61 bits per heavy atom. The lowest BCUT2D eigenvalue weighted by Gasteiger charge is -2.19. The van der Waals surface area contributed by atoms with Crippen molar-refractivity contribution in [3.8, 4) is 0 Å². The van der Waals surface area contributed by atoms with Crippen molar-refractivity contribution in [1.82, 2.24) is 9.97 Å². The normalized spacial score (nSPS) is 10.1. The highest BCUT2D eigenvalue weighted by molar-refractivity contribution is 5.92. The number of para-hydroxylation sites is 1. The standard InChI is InChI=1S/C12H10FN3O2/c1-16(9-5-3-2-4-8(9)13)11-10(12(17)18)14-6-7-15-11/h2-7H,1H3,(H,17,18). The van der Waals surface area contributed by atoms with Gasteiger partial charge in [0.1, 0.15) is 5.82 Å². The van der Waals surface area contributed by atoms with E-state index in [4.69, 9.17) is 5.11 Å². The van der Waals surface area contributed by atoms with E-state index in [1.54, 1.807) is 12.1 Å². The maximum Gasteiger partial charge on any atom is 0.358 e. The molecule has 2 aromatic rings. The lowest BCUT2D eigenvalue weighted by Crippen LogP contribution is -2.17. The Morgan fingerprint density at radius 1 is 1.28 bits per heavy atom. The summed E-state index contributed by atoms with van der Waals surface area (Å²) in [5.41, 5.74) is 0.0174. The van der Waals surface area contributed by atoms with Crippen molar-refractivity contribution in [2.75, 3.05) is 11.9 Å². The Balaban J connectivity index is 2.50. The van der Waals surface area contributed by atoms with Crippen molar-refractivity contribution in [2.24, 2.45) is 0 Å². The van der Waals surface area contributed by atoms with Gasteiger partial charge in [0.25, 0.3) is 0 Å². The molecule has 0 radical (unpaired) electrons. The van der Waals surface area contributed by atoms with Crippen molar-refractivity contribution >= 4 is 17.5 Å². The van der Waals surface area contributed by atoms with Crippen LogP contribution in [0, 0.1) is 5.82 Å². The molecule has 0 saturated carbocycles. The first kappa shape index (κ1) is 12.0. The number of carboxylic acids is 1. The predicted molar refractivity (Wildman–Crippen MR) is 63.5 cm³/mol. The molecule has 0 aliphatic heterocycles. The van der Waals surface area contributed by atoms with Gasteiger partial charge in [0.15, 0.2) is 11.5 Å². The minimum atomic E-state index is -1.21. The molecule has 1 heterocycles. The van der Waals surface area contributed by atoms with E-state index >= 15 is 0 Å². The lowest BCUT2D eigenvalue weighted by molar-refractivity contribution is 0.0691. The molecule has 18 heavy (non-hydrogen) atoms. The van der Waals surface area contributed by atoms with Gasteiger partial charge in [0.2, 0.25) is 0 Å². The van der Waals surface area contributed by atoms with Crippen LogP contribution in [0.2, 0.25) is 0 Å². The van der Waals surface area contributed by atoms with Crippen LogP contribution in [-0.4, -0.2) is 28.1 Å². The van der Waals surface area contributed by atoms with E-state index in [-0.39, 0.29) is 17.2 Å². The zero-order valence-electron chi connectivity index (χ0n) is 9.54. The largest absolute Gasteiger partial charge is 0.476 e. The third-order valence-corrected chi connectivity index (χ3v) is 2.41. The summed E-state index contributed by atoms with van der Waals surface area (Å²) in [7, 11) is 1.54. The Morgan fingerprint density at radius 2 is 1.94 bits per heavy atom. The monoisotopic (exact) mass is 247 g/mol. The Bertz CT molecular complexity index is 589. The summed E-state index contributed by atoms with van der Waals surface area (Å²) in [5, 5.41) is 9.01. The third kappa shape index (κ3) is 2.13. The van der Waals surface area contributed by atoms with E-state index in [9.17, 15) is 9.18 Å². The van der Waals surface area contributed by atoms with Gasteiger partial charge in [-0.3, -0.25) is 0 Å². The molecule has 1 aromatic carbocycles. The molecule has 0 unspecified atom stereocenters. The fourth-order valence-corrected chi connectivity index (χ4v) is 1.56. The quantitative estimate of drug-likeness (QED) is 0.899. The lowest BCUT2D eigenvalue weighted by atomic mass is 10.2. The molecule has 6 heteroatoms. The van der Waals surface area contributed by atoms with Gasteiger partial charge in [-0.2, -0.15) is 0 Å². The van der Waals surface area contributed by atoms with Crippen LogP contribution in [0.3, 0.4) is 0 Å². The zero-order valence-corrected chi connectivity index (χ0v) is 9.54. The molecule has 5 nitrogen and oxygen atoms in total. The highest BCUT2D eigenvalue weighted by Gasteiger charge is 2.18. The van der Waals surface area contributed by atoms with Gasteiger partial charge >= 0.3 is 5.97 Å². The van der Waals surface area contributed by atoms with Crippen LogP contribution < -0.4 is 4.90 Å². The second kappa shape index (κ2) is 4.79. The molecule has 0 spiro atoms. The van der Waals surface area contributed by atoms with Gasteiger partial charge in [0, 0.05) is 19.4 Å². The van der Waals surface area contributed by atoms with E-state index in [1.807, 2.05) is 0 Å². The van der Waals surface area contributed by atoms with Crippen molar-refractivity contribution in [2.45, 2.75) is 0 Å².